The summed E-state index contributed by atoms with van der Waals surface area (Å²) in [7, 11) is 1.75. The number of aryl methyl sites for hydroxylation is 2. The number of halogens is 1. The molecule has 20 heavy (non-hydrogen) atoms. The molecular formula is C13H19IN4OS. The molecule has 2 N–H and O–H groups in total. The standard InChI is InChI=1S/C13H18N4OS.HI/c1-9-10(2)19-12(17-9)8-16-13(14-3)15-7-11-5-4-6-18-11;/h4-6H,7-8H2,1-3H3,(H2,14,15,16);1H. The molecule has 0 saturated carbocycles. The summed E-state index contributed by atoms with van der Waals surface area (Å²) in [4.78, 5) is 9.90. The molecule has 0 aromatic carbocycles. The van der Waals surface area contributed by atoms with E-state index < -0.39 is 0 Å². The number of rotatable bonds is 4. The molecule has 0 atom stereocenters. The predicted molar refractivity (Wildman–Crippen MR) is 92.7 cm³/mol. The Labute approximate surface area is 139 Å². The average Bonchev–Trinajstić information content (AvgIpc) is 3.01. The Kier molecular flexibility index (Phi) is 7.00. The van der Waals surface area contributed by atoms with Crippen molar-refractivity contribution >= 4 is 41.3 Å². The van der Waals surface area contributed by atoms with Crippen molar-refractivity contribution in [3.05, 3.63) is 39.7 Å². The van der Waals surface area contributed by atoms with Gasteiger partial charge in [-0.2, -0.15) is 0 Å². The van der Waals surface area contributed by atoms with E-state index in [1.165, 1.54) is 4.88 Å². The lowest BCUT2D eigenvalue weighted by Gasteiger charge is -2.09. The first-order valence-corrected chi connectivity index (χ1v) is 6.90. The number of nitrogens with one attached hydrogen (secondary N) is 2. The van der Waals surface area contributed by atoms with Crippen molar-refractivity contribution in [1.82, 2.24) is 15.6 Å². The molecule has 110 valence electrons. The van der Waals surface area contributed by atoms with E-state index in [9.17, 15) is 0 Å². The molecule has 0 amide bonds. The highest BCUT2D eigenvalue weighted by Gasteiger charge is 2.05. The molecule has 2 rings (SSSR count). The number of thiazole rings is 1. The van der Waals surface area contributed by atoms with Crippen LogP contribution >= 0.6 is 35.3 Å². The number of aliphatic imine (C=N–C) groups is 1. The molecular weight excluding hydrogens is 387 g/mol. The third-order valence-electron chi connectivity index (χ3n) is 2.71. The molecule has 2 aromatic heterocycles. The number of guanidine groups is 1. The summed E-state index contributed by atoms with van der Waals surface area (Å²) >= 11 is 1.71. The van der Waals surface area contributed by atoms with E-state index in [0.717, 1.165) is 22.4 Å². The van der Waals surface area contributed by atoms with Crippen LogP contribution in [0.4, 0.5) is 0 Å². The van der Waals surface area contributed by atoms with Gasteiger partial charge in [0, 0.05) is 11.9 Å². The van der Waals surface area contributed by atoms with Crippen molar-refractivity contribution in [2.75, 3.05) is 7.05 Å². The fourth-order valence-corrected chi connectivity index (χ4v) is 2.45. The average molecular weight is 406 g/mol. The highest BCUT2D eigenvalue weighted by molar-refractivity contribution is 14.0. The summed E-state index contributed by atoms with van der Waals surface area (Å²) < 4.78 is 5.25. The molecule has 0 saturated heterocycles. The van der Waals surface area contributed by atoms with Crippen LogP contribution in [0.2, 0.25) is 0 Å². The van der Waals surface area contributed by atoms with Crippen LogP contribution in [0, 0.1) is 13.8 Å². The normalized spacial score (nSPS) is 11.1. The first kappa shape index (κ1) is 17.0. The molecule has 0 fully saturated rings. The lowest BCUT2D eigenvalue weighted by molar-refractivity contribution is 0.501. The maximum absolute atomic E-state index is 5.25. The van der Waals surface area contributed by atoms with Crippen molar-refractivity contribution in [2.24, 2.45) is 4.99 Å². The number of aromatic nitrogens is 1. The molecule has 2 heterocycles. The van der Waals surface area contributed by atoms with Gasteiger partial charge in [-0.15, -0.1) is 35.3 Å². The maximum Gasteiger partial charge on any atom is 0.191 e. The van der Waals surface area contributed by atoms with Gasteiger partial charge in [0.2, 0.25) is 0 Å². The van der Waals surface area contributed by atoms with Crippen LogP contribution in [-0.4, -0.2) is 18.0 Å². The zero-order chi connectivity index (χ0) is 13.7. The quantitative estimate of drug-likeness (QED) is 0.466. The fraction of sp³-hybridized carbons (Fsp3) is 0.385. The van der Waals surface area contributed by atoms with Crippen LogP contribution in [-0.2, 0) is 13.1 Å². The lowest BCUT2D eigenvalue weighted by Crippen LogP contribution is -2.36. The molecule has 0 aliphatic heterocycles. The van der Waals surface area contributed by atoms with Crippen molar-refractivity contribution in [3.8, 4) is 0 Å². The monoisotopic (exact) mass is 406 g/mol. The third kappa shape index (κ3) is 4.78. The summed E-state index contributed by atoms with van der Waals surface area (Å²) in [6.07, 6.45) is 1.66. The van der Waals surface area contributed by atoms with Gasteiger partial charge in [0.15, 0.2) is 5.96 Å². The van der Waals surface area contributed by atoms with Gasteiger partial charge in [0.1, 0.15) is 10.8 Å². The Morgan fingerprint density at radius 1 is 1.35 bits per heavy atom. The summed E-state index contributed by atoms with van der Waals surface area (Å²) in [6, 6.07) is 3.79. The Balaban J connectivity index is 0.00000200. The van der Waals surface area contributed by atoms with Crippen LogP contribution in [0.3, 0.4) is 0 Å². The Hall–Kier alpha value is -1.09. The summed E-state index contributed by atoms with van der Waals surface area (Å²) in [5, 5.41) is 7.48. The largest absolute Gasteiger partial charge is 0.467 e. The Bertz CT molecular complexity index is 531. The predicted octanol–water partition coefficient (Wildman–Crippen LogP) is 2.84. The van der Waals surface area contributed by atoms with Gasteiger partial charge in [0.05, 0.1) is 25.0 Å². The van der Waals surface area contributed by atoms with Gasteiger partial charge in [-0.25, -0.2) is 4.98 Å². The molecule has 7 heteroatoms. The van der Waals surface area contributed by atoms with E-state index in [1.807, 2.05) is 19.1 Å². The molecule has 0 aliphatic rings. The summed E-state index contributed by atoms with van der Waals surface area (Å²) in [6.45, 7) is 5.40. The minimum absolute atomic E-state index is 0. The summed E-state index contributed by atoms with van der Waals surface area (Å²) in [5.41, 5.74) is 1.10. The second kappa shape index (κ2) is 8.25. The molecule has 0 aliphatic carbocycles. The van der Waals surface area contributed by atoms with Gasteiger partial charge in [0.25, 0.3) is 0 Å². The summed E-state index contributed by atoms with van der Waals surface area (Å²) in [5.74, 6) is 1.62. The van der Waals surface area contributed by atoms with Crippen LogP contribution < -0.4 is 10.6 Å². The van der Waals surface area contributed by atoms with E-state index in [0.29, 0.717) is 13.1 Å². The second-order valence-corrected chi connectivity index (χ2v) is 5.40. The Morgan fingerprint density at radius 3 is 2.65 bits per heavy atom. The molecule has 2 aromatic rings. The molecule has 5 nitrogen and oxygen atoms in total. The molecule has 0 spiro atoms. The van der Waals surface area contributed by atoms with Crippen LogP contribution in [0.15, 0.2) is 27.8 Å². The molecule has 0 bridgehead atoms. The van der Waals surface area contributed by atoms with Gasteiger partial charge in [-0.1, -0.05) is 0 Å². The van der Waals surface area contributed by atoms with Crippen LogP contribution in [0.5, 0.6) is 0 Å². The molecule has 0 radical (unpaired) electrons. The molecule has 0 unspecified atom stereocenters. The first-order chi connectivity index (χ1) is 9.19. The second-order valence-electron chi connectivity index (χ2n) is 4.11. The van der Waals surface area contributed by atoms with Gasteiger partial charge in [-0.05, 0) is 26.0 Å². The fourth-order valence-electron chi connectivity index (χ4n) is 1.58. The van der Waals surface area contributed by atoms with Crippen LogP contribution in [0.25, 0.3) is 0 Å². The van der Waals surface area contributed by atoms with E-state index in [-0.39, 0.29) is 24.0 Å². The van der Waals surface area contributed by atoms with Gasteiger partial charge >= 0.3 is 0 Å². The number of hydrogen-bond donors (Lipinski definition) is 2. The lowest BCUT2D eigenvalue weighted by atomic mass is 10.4. The van der Waals surface area contributed by atoms with Crippen molar-refractivity contribution in [3.63, 3.8) is 0 Å². The van der Waals surface area contributed by atoms with Crippen molar-refractivity contribution < 1.29 is 4.42 Å². The number of furan rings is 1. The SMILES string of the molecule is CN=C(NCc1ccco1)NCc1nc(C)c(C)s1.I. The highest BCUT2D eigenvalue weighted by Crippen LogP contribution is 2.15. The van der Waals surface area contributed by atoms with Crippen molar-refractivity contribution in [2.45, 2.75) is 26.9 Å². The maximum atomic E-state index is 5.25. The van der Waals surface area contributed by atoms with Gasteiger partial charge in [-0.3, -0.25) is 4.99 Å². The van der Waals surface area contributed by atoms with E-state index >= 15 is 0 Å². The smallest absolute Gasteiger partial charge is 0.191 e. The zero-order valence-electron chi connectivity index (χ0n) is 11.8. The minimum atomic E-state index is 0. The van der Waals surface area contributed by atoms with Gasteiger partial charge < -0.3 is 15.1 Å². The van der Waals surface area contributed by atoms with E-state index in [2.05, 4.69) is 27.5 Å². The zero-order valence-corrected chi connectivity index (χ0v) is 14.9. The first-order valence-electron chi connectivity index (χ1n) is 6.09. The third-order valence-corrected chi connectivity index (χ3v) is 3.79. The number of nitrogens with zero attached hydrogens (tertiary/aromatic N) is 2. The van der Waals surface area contributed by atoms with Crippen LogP contribution in [0.1, 0.15) is 21.3 Å². The minimum Gasteiger partial charge on any atom is -0.467 e. The number of hydrogen-bond acceptors (Lipinski definition) is 4. The van der Waals surface area contributed by atoms with Crippen molar-refractivity contribution in [1.29, 1.82) is 0 Å². The van der Waals surface area contributed by atoms with E-state index in [4.69, 9.17) is 4.42 Å². The Morgan fingerprint density at radius 2 is 2.10 bits per heavy atom. The topological polar surface area (TPSA) is 62.5 Å². The highest BCUT2D eigenvalue weighted by atomic mass is 127. The van der Waals surface area contributed by atoms with E-state index in [1.54, 1.807) is 24.6 Å².